The van der Waals surface area contributed by atoms with E-state index in [2.05, 4.69) is 5.32 Å². The van der Waals surface area contributed by atoms with Crippen molar-refractivity contribution >= 4 is 11.6 Å². The molecule has 1 atom stereocenters. The molecule has 0 aromatic heterocycles. The zero-order valence-electron chi connectivity index (χ0n) is 11.6. The van der Waals surface area contributed by atoms with E-state index in [4.69, 9.17) is 21.1 Å². The number of benzene rings is 1. The molecule has 0 fully saturated rings. The smallest absolute Gasteiger partial charge is 0.172 e. The summed E-state index contributed by atoms with van der Waals surface area (Å²) in [7, 11) is 1.80. The van der Waals surface area contributed by atoms with Gasteiger partial charge in [0, 0.05) is 23.8 Å². The largest absolute Gasteiger partial charge is 0.351 e. The molecule has 0 saturated heterocycles. The van der Waals surface area contributed by atoms with E-state index in [1.54, 1.807) is 19.2 Å². The van der Waals surface area contributed by atoms with E-state index in [1.807, 2.05) is 13.8 Å². The maximum atomic E-state index is 13.8. The van der Waals surface area contributed by atoms with Crippen LogP contribution in [-0.4, -0.2) is 32.6 Å². The number of hydrogen-bond acceptors (Lipinski definition) is 3. The van der Waals surface area contributed by atoms with Crippen molar-refractivity contribution in [1.82, 2.24) is 5.32 Å². The third-order valence-electron chi connectivity index (χ3n) is 2.85. The van der Waals surface area contributed by atoms with Crippen LogP contribution in [0.3, 0.4) is 0 Å². The van der Waals surface area contributed by atoms with E-state index in [0.717, 1.165) is 0 Å². The van der Waals surface area contributed by atoms with Gasteiger partial charge in [-0.15, -0.1) is 0 Å². The van der Waals surface area contributed by atoms with Crippen molar-refractivity contribution in [2.75, 3.05) is 20.3 Å². The molecule has 1 rings (SSSR count). The van der Waals surface area contributed by atoms with Crippen LogP contribution in [-0.2, 0) is 15.9 Å². The van der Waals surface area contributed by atoms with Crippen LogP contribution < -0.4 is 5.32 Å². The Bertz CT molecular complexity index is 363. The lowest BCUT2D eigenvalue weighted by Gasteiger charge is -2.26. The molecule has 0 aliphatic heterocycles. The second kappa shape index (κ2) is 8.48. The molecule has 0 saturated carbocycles. The van der Waals surface area contributed by atoms with Crippen LogP contribution in [0.2, 0.25) is 5.02 Å². The maximum absolute atomic E-state index is 13.8. The molecule has 0 bridgehead atoms. The number of nitrogens with one attached hydrogen (secondary N) is 1. The van der Waals surface area contributed by atoms with E-state index in [-0.39, 0.29) is 11.9 Å². The van der Waals surface area contributed by atoms with Crippen LogP contribution in [0.25, 0.3) is 0 Å². The van der Waals surface area contributed by atoms with Gasteiger partial charge in [-0.05, 0) is 39.4 Å². The number of halogens is 2. The minimum absolute atomic E-state index is 0.158. The molecule has 0 radical (unpaired) electrons. The molecular formula is C14H21ClFNO2. The Morgan fingerprint density at radius 2 is 1.89 bits per heavy atom. The fourth-order valence-corrected chi connectivity index (χ4v) is 2.13. The van der Waals surface area contributed by atoms with Crippen LogP contribution in [0.15, 0.2) is 18.2 Å². The molecular weight excluding hydrogens is 269 g/mol. The Balaban J connectivity index is 2.85. The molecule has 108 valence electrons. The lowest BCUT2D eigenvalue weighted by Crippen LogP contribution is -2.43. The van der Waals surface area contributed by atoms with Gasteiger partial charge in [0.05, 0.1) is 6.04 Å². The van der Waals surface area contributed by atoms with Crippen LogP contribution in [0.4, 0.5) is 4.39 Å². The Kier molecular flexibility index (Phi) is 7.31. The highest BCUT2D eigenvalue weighted by Gasteiger charge is 2.23. The van der Waals surface area contributed by atoms with Gasteiger partial charge < -0.3 is 14.8 Å². The zero-order valence-corrected chi connectivity index (χ0v) is 12.3. The highest BCUT2D eigenvalue weighted by Crippen LogP contribution is 2.22. The lowest BCUT2D eigenvalue weighted by atomic mass is 10.0. The van der Waals surface area contributed by atoms with Gasteiger partial charge in [0.25, 0.3) is 0 Å². The van der Waals surface area contributed by atoms with Gasteiger partial charge in [-0.3, -0.25) is 0 Å². The fourth-order valence-electron chi connectivity index (χ4n) is 1.89. The average Bonchev–Trinajstić information content (AvgIpc) is 2.38. The first-order chi connectivity index (χ1) is 9.13. The number of hydrogen-bond donors (Lipinski definition) is 1. The highest BCUT2D eigenvalue weighted by molar-refractivity contribution is 6.31. The van der Waals surface area contributed by atoms with Crippen molar-refractivity contribution in [3.63, 3.8) is 0 Å². The maximum Gasteiger partial charge on any atom is 0.172 e. The van der Waals surface area contributed by atoms with Gasteiger partial charge in [-0.2, -0.15) is 0 Å². The molecule has 1 unspecified atom stereocenters. The molecule has 5 heteroatoms. The van der Waals surface area contributed by atoms with Crippen LogP contribution >= 0.6 is 11.6 Å². The van der Waals surface area contributed by atoms with E-state index < -0.39 is 6.29 Å². The molecule has 0 aliphatic carbocycles. The second-order valence-corrected chi connectivity index (χ2v) is 4.49. The summed E-state index contributed by atoms with van der Waals surface area (Å²) < 4.78 is 24.9. The fraction of sp³-hybridized carbons (Fsp3) is 0.571. The van der Waals surface area contributed by atoms with Gasteiger partial charge in [0.1, 0.15) is 5.82 Å². The van der Waals surface area contributed by atoms with Crippen molar-refractivity contribution in [3.05, 3.63) is 34.6 Å². The molecule has 1 N–H and O–H groups in total. The highest BCUT2D eigenvalue weighted by atomic mass is 35.5. The summed E-state index contributed by atoms with van der Waals surface area (Å²) in [5.74, 6) is -0.306. The van der Waals surface area contributed by atoms with E-state index in [9.17, 15) is 4.39 Å². The first-order valence-corrected chi connectivity index (χ1v) is 6.85. The standard InChI is InChI=1S/C14H21ClFNO2/c1-4-18-14(19-5-2)13(17-3)9-10-11(15)7-6-8-12(10)16/h6-8,13-14,17H,4-5,9H2,1-3H3. The Hall–Kier alpha value is -0.680. The van der Waals surface area contributed by atoms with Crippen molar-refractivity contribution in [2.24, 2.45) is 0 Å². The Labute approximate surface area is 119 Å². The lowest BCUT2D eigenvalue weighted by molar-refractivity contribution is -0.152. The first kappa shape index (κ1) is 16.4. The quantitative estimate of drug-likeness (QED) is 0.746. The number of likely N-dealkylation sites (N-methyl/N-ethyl adjacent to an activating group) is 1. The Morgan fingerprint density at radius 3 is 2.37 bits per heavy atom. The summed E-state index contributed by atoms with van der Waals surface area (Å²) >= 11 is 6.04. The summed E-state index contributed by atoms with van der Waals surface area (Å²) in [6.45, 7) is 4.87. The van der Waals surface area contributed by atoms with Gasteiger partial charge in [0.2, 0.25) is 0 Å². The number of rotatable bonds is 8. The Morgan fingerprint density at radius 1 is 1.26 bits per heavy atom. The summed E-state index contributed by atoms with van der Waals surface area (Å²) in [5, 5.41) is 3.52. The number of ether oxygens (including phenoxy) is 2. The van der Waals surface area contributed by atoms with E-state index >= 15 is 0 Å². The van der Waals surface area contributed by atoms with Gasteiger partial charge in [-0.25, -0.2) is 4.39 Å². The molecule has 0 spiro atoms. The molecule has 0 amide bonds. The third-order valence-corrected chi connectivity index (χ3v) is 3.20. The normalized spacial score (nSPS) is 12.9. The minimum atomic E-state index is -0.421. The molecule has 0 aliphatic rings. The predicted octanol–water partition coefficient (Wildman–Crippen LogP) is 3.01. The summed E-state index contributed by atoms with van der Waals surface area (Å²) in [6, 6.07) is 4.53. The molecule has 1 aromatic carbocycles. The second-order valence-electron chi connectivity index (χ2n) is 4.08. The predicted molar refractivity (Wildman–Crippen MR) is 75.0 cm³/mol. The van der Waals surface area contributed by atoms with E-state index in [1.165, 1.54) is 6.07 Å². The van der Waals surface area contributed by atoms with Crippen molar-refractivity contribution in [1.29, 1.82) is 0 Å². The van der Waals surface area contributed by atoms with Crippen molar-refractivity contribution in [3.8, 4) is 0 Å². The SMILES string of the molecule is CCOC(OCC)C(Cc1c(F)cccc1Cl)NC. The van der Waals surface area contributed by atoms with Crippen LogP contribution in [0.1, 0.15) is 19.4 Å². The third kappa shape index (κ3) is 4.73. The molecule has 1 aromatic rings. The van der Waals surface area contributed by atoms with E-state index in [0.29, 0.717) is 30.2 Å². The van der Waals surface area contributed by atoms with Crippen LogP contribution in [0, 0.1) is 5.82 Å². The zero-order chi connectivity index (χ0) is 14.3. The summed E-state index contributed by atoms with van der Waals surface area (Å²) in [4.78, 5) is 0. The molecule has 19 heavy (non-hydrogen) atoms. The topological polar surface area (TPSA) is 30.5 Å². The molecule has 0 heterocycles. The van der Waals surface area contributed by atoms with Crippen LogP contribution in [0.5, 0.6) is 0 Å². The minimum Gasteiger partial charge on any atom is -0.351 e. The van der Waals surface area contributed by atoms with Gasteiger partial charge >= 0.3 is 0 Å². The van der Waals surface area contributed by atoms with Gasteiger partial charge in [-0.1, -0.05) is 17.7 Å². The monoisotopic (exact) mass is 289 g/mol. The first-order valence-electron chi connectivity index (χ1n) is 6.47. The van der Waals surface area contributed by atoms with Crippen molar-refractivity contribution in [2.45, 2.75) is 32.6 Å². The average molecular weight is 290 g/mol. The summed E-state index contributed by atoms with van der Waals surface area (Å²) in [6.07, 6.45) is -0.0113. The molecule has 3 nitrogen and oxygen atoms in total. The van der Waals surface area contributed by atoms with Crippen molar-refractivity contribution < 1.29 is 13.9 Å². The summed E-state index contributed by atoms with van der Waals surface area (Å²) in [5.41, 5.74) is 0.480. The van der Waals surface area contributed by atoms with Gasteiger partial charge in [0.15, 0.2) is 6.29 Å².